The van der Waals surface area contributed by atoms with Crippen LogP contribution in [-0.4, -0.2) is 57.8 Å². The van der Waals surface area contributed by atoms with Crippen molar-refractivity contribution in [3.05, 3.63) is 0 Å². The normalized spacial score (nSPS) is 12.7. The van der Waals surface area contributed by atoms with E-state index in [9.17, 15) is 8.42 Å². The van der Waals surface area contributed by atoms with Crippen molar-refractivity contribution in [1.29, 1.82) is 0 Å². The van der Waals surface area contributed by atoms with Crippen molar-refractivity contribution in [3.8, 4) is 0 Å². The van der Waals surface area contributed by atoms with Crippen molar-refractivity contribution in [3.63, 3.8) is 0 Å². The van der Waals surface area contributed by atoms with Gasteiger partial charge in [0.15, 0.2) is 0 Å². The molecule has 1 N–H and O–H groups in total. The minimum atomic E-state index is -3.23. The topological polar surface area (TPSA) is 52.7 Å². The molecule has 0 aromatic carbocycles. The van der Waals surface area contributed by atoms with E-state index in [2.05, 4.69) is 5.32 Å². The number of nitrogens with zero attached hydrogens (tertiary/aromatic N) is 2. The highest BCUT2D eigenvalue weighted by atomic mass is 32.2. The molecule has 0 spiro atoms. The van der Waals surface area contributed by atoms with Gasteiger partial charge in [0.1, 0.15) is 0 Å². The van der Waals surface area contributed by atoms with Gasteiger partial charge < -0.3 is 5.32 Å². The lowest BCUT2D eigenvalue weighted by molar-refractivity contribution is 0.395. The van der Waals surface area contributed by atoms with E-state index in [1.807, 2.05) is 14.0 Å². The summed E-state index contributed by atoms with van der Waals surface area (Å²) in [6.45, 7) is 3.70. The van der Waals surface area contributed by atoms with Gasteiger partial charge in [-0.2, -0.15) is 17.0 Å². The van der Waals surface area contributed by atoms with Crippen molar-refractivity contribution in [2.24, 2.45) is 0 Å². The first kappa shape index (κ1) is 13.8. The molecule has 0 unspecified atom stereocenters. The molecule has 14 heavy (non-hydrogen) atoms. The zero-order valence-electron chi connectivity index (χ0n) is 9.45. The van der Waals surface area contributed by atoms with Crippen LogP contribution in [0.4, 0.5) is 0 Å². The largest absolute Gasteiger partial charge is 0.320 e. The Morgan fingerprint density at radius 2 is 1.79 bits per heavy atom. The molecule has 0 bridgehead atoms. The van der Waals surface area contributed by atoms with Crippen molar-refractivity contribution in [2.75, 3.05) is 40.8 Å². The fraction of sp³-hybridized carbons (Fsp3) is 1.00. The molecule has 0 atom stereocenters. The van der Waals surface area contributed by atoms with E-state index in [0.717, 1.165) is 13.0 Å². The predicted octanol–water partition coefficient (Wildman–Crippen LogP) is -0.276. The van der Waals surface area contributed by atoms with Gasteiger partial charge in [0.2, 0.25) is 0 Å². The molecule has 0 radical (unpaired) electrons. The Morgan fingerprint density at radius 1 is 1.21 bits per heavy atom. The van der Waals surface area contributed by atoms with Crippen LogP contribution in [0, 0.1) is 0 Å². The van der Waals surface area contributed by atoms with Crippen LogP contribution in [0.15, 0.2) is 0 Å². The summed E-state index contributed by atoms with van der Waals surface area (Å²) in [7, 11) is 1.82. The zero-order valence-corrected chi connectivity index (χ0v) is 10.3. The van der Waals surface area contributed by atoms with Crippen molar-refractivity contribution in [2.45, 2.75) is 13.3 Å². The molecule has 0 saturated carbocycles. The van der Waals surface area contributed by atoms with Crippen LogP contribution in [0.2, 0.25) is 0 Å². The van der Waals surface area contributed by atoms with E-state index in [1.165, 1.54) is 8.61 Å². The fourth-order valence-corrected chi connectivity index (χ4v) is 2.16. The van der Waals surface area contributed by atoms with Gasteiger partial charge in [0, 0.05) is 27.2 Å². The van der Waals surface area contributed by atoms with Crippen molar-refractivity contribution >= 4 is 10.2 Å². The van der Waals surface area contributed by atoms with E-state index in [-0.39, 0.29) is 0 Å². The Balaban J connectivity index is 4.15. The van der Waals surface area contributed by atoms with E-state index in [0.29, 0.717) is 13.1 Å². The predicted molar refractivity (Wildman–Crippen MR) is 58.4 cm³/mol. The van der Waals surface area contributed by atoms with Gasteiger partial charge >= 0.3 is 0 Å². The summed E-state index contributed by atoms with van der Waals surface area (Å²) in [6, 6.07) is 0. The average Bonchev–Trinajstić information content (AvgIpc) is 2.16. The lowest BCUT2D eigenvalue weighted by Crippen LogP contribution is -2.40. The molecule has 0 fully saturated rings. The molecule has 0 aromatic rings. The fourth-order valence-electron chi connectivity index (χ4n) is 0.995. The Hall–Kier alpha value is -0.170. The van der Waals surface area contributed by atoms with E-state index >= 15 is 0 Å². The molecule has 0 saturated heterocycles. The molecule has 0 aromatic heterocycles. The summed E-state index contributed by atoms with van der Waals surface area (Å²) in [5, 5.41) is 2.98. The third-order valence-corrected chi connectivity index (χ3v) is 4.15. The molecule has 0 aliphatic heterocycles. The molecule has 0 amide bonds. The van der Waals surface area contributed by atoms with Gasteiger partial charge in [0.25, 0.3) is 10.2 Å². The first-order valence-electron chi connectivity index (χ1n) is 4.79. The standard InChI is InChI=1S/C8H21N3O2S/c1-5-10(3)14(12,13)11(4)8-6-7-9-2/h9H,5-8H2,1-4H3. The molecule has 6 heteroatoms. The van der Waals surface area contributed by atoms with Crippen LogP contribution in [0.25, 0.3) is 0 Å². The van der Waals surface area contributed by atoms with Gasteiger partial charge in [-0.15, -0.1) is 0 Å². The van der Waals surface area contributed by atoms with E-state index < -0.39 is 10.2 Å². The van der Waals surface area contributed by atoms with Gasteiger partial charge in [-0.3, -0.25) is 0 Å². The lowest BCUT2D eigenvalue weighted by Gasteiger charge is -2.23. The van der Waals surface area contributed by atoms with E-state index in [1.54, 1.807) is 14.1 Å². The number of rotatable bonds is 7. The van der Waals surface area contributed by atoms with Crippen LogP contribution < -0.4 is 5.32 Å². The van der Waals surface area contributed by atoms with Crippen LogP contribution in [0.5, 0.6) is 0 Å². The maximum Gasteiger partial charge on any atom is 0.281 e. The number of hydrogen-bond donors (Lipinski definition) is 1. The van der Waals surface area contributed by atoms with Crippen LogP contribution in [0.1, 0.15) is 13.3 Å². The smallest absolute Gasteiger partial charge is 0.281 e. The number of hydrogen-bond acceptors (Lipinski definition) is 3. The van der Waals surface area contributed by atoms with Gasteiger partial charge in [-0.25, -0.2) is 0 Å². The second-order valence-corrected chi connectivity index (χ2v) is 5.34. The van der Waals surface area contributed by atoms with Crippen molar-refractivity contribution < 1.29 is 8.42 Å². The average molecular weight is 223 g/mol. The maximum absolute atomic E-state index is 11.7. The second-order valence-electron chi connectivity index (χ2n) is 3.20. The Bertz CT molecular complexity index is 241. The van der Waals surface area contributed by atoms with Crippen LogP contribution >= 0.6 is 0 Å². The first-order valence-corrected chi connectivity index (χ1v) is 6.18. The highest BCUT2D eigenvalue weighted by Gasteiger charge is 2.21. The SMILES string of the molecule is CCN(C)S(=O)(=O)N(C)CCCNC. The third kappa shape index (κ3) is 3.91. The molecule has 5 nitrogen and oxygen atoms in total. The first-order chi connectivity index (χ1) is 6.46. The molecule has 0 heterocycles. The molecule has 86 valence electrons. The molecular weight excluding hydrogens is 202 g/mol. The van der Waals surface area contributed by atoms with Crippen LogP contribution in [0.3, 0.4) is 0 Å². The molecular formula is C8H21N3O2S. The Kier molecular flexibility index (Phi) is 6.26. The highest BCUT2D eigenvalue weighted by Crippen LogP contribution is 2.03. The summed E-state index contributed by atoms with van der Waals surface area (Å²) in [4.78, 5) is 0. The summed E-state index contributed by atoms with van der Waals surface area (Å²) in [5.41, 5.74) is 0. The van der Waals surface area contributed by atoms with Gasteiger partial charge in [0.05, 0.1) is 0 Å². The summed E-state index contributed by atoms with van der Waals surface area (Å²) < 4.78 is 26.1. The zero-order chi connectivity index (χ0) is 11.2. The quantitative estimate of drug-likeness (QED) is 0.604. The van der Waals surface area contributed by atoms with Crippen molar-refractivity contribution in [1.82, 2.24) is 13.9 Å². The minimum absolute atomic E-state index is 0.499. The summed E-state index contributed by atoms with van der Waals surface area (Å²) in [5.74, 6) is 0. The lowest BCUT2D eigenvalue weighted by atomic mass is 10.4. The van der Waals surface area contributed by atoms with Gasteiger partial charge in [-0.05, 0) is 20.0 Å². The minimum Gasteiger partial charge on any atom is -0.320 e. The third-order valence-electron chi connectivity index (χ3n) is 2.13. The summed E-state index contributed by atoms with van der Waals surface area (Å²) in [6.07, 6.45) is 0.823. The Morgan fingerprint density at radius 3 is 2.21 bits per heavy atom. The maximum atomic E-state index is 11.7. The molecule has 0 aliphatic carbocycles. The van der Waals surface area contributed by atoms with Crippen LogP contribution in [-0.2, 0) is 10.2 Å². The monoisotopic (exact) mass is 223 g/mol. The summed E-state index contributed by atoms with van der Waals surface area (Å²) >= 11 is 0. The van der Waals surface area contributed by atoms with Gasteiger partial charge in [-0.1, -0.05) is 6.92 Å². The number of nitrogens with one attached hydrogen (secondary N) is 1. The van der Waals surface area contributed by atoms with E-state index in [4.69, 9.17) is 0 Å². The Labute approximate surface area is 87.3 Å². The second kappa shape index (κ2) is 6.34. The molecule has 0 aliphatic rings. The highest BCUT2D eigenvalue weighted by molar-refractivity contribution is 7.86. The molecule has 0 rings (SSSR count).